The first-order valence-electron chi connectivity index (χ1n) is 5.42. The number of allylic oxidation sites excluding steroid dienone is 2. The molecule has 94 valence electrons. The monoisotopic (exact) mass is 238 g/mol. The minimum absolute atomic E-state index is 0.555. The Labute approximate surface area is 102 Å². The molecule has 0 radical (unpaired) electrons. The smallest absolute Gasteiger partial charge is 0.198 e. The van der Waals surface area contributed by atoms with Crippen LogP contribution in [0.5, 0.6) is 0 Å². The van der Waals surface area contributed by atoms with Gasteiger partial charge in [0.15, 0.2) is 12.6 Å². The van der Waals surface area contributed by atoms with Crippen LogP contribution in [0, 0.1) is 0 Å². The molecule has 0 aromatic rings. The molecule has 0 spiro atoms. The van der Waals surface area contributed by atoms with Crippen LogP contribution in [0.4, 0.5) is 4.39 Å². The quantitative estimate of drug-likeness (QED) is 0.791. The zero-order chi connectivity index (χ0) is 13.2. The molecule has 0 bridgehead atoms. The molecule has 2 unspecified atom stereocenters. The van der Waals surface area contributed by atoms with Gasteiger partial charge in [-0.15, -0.1) is 0 Å². The first-order chi connectivity index (χ1) is 7.82. The van der Waals surface area contributed by atoms with Crippen molar-refractivity contribution >= 4 is 0 Å². The first-order valence-corrected chi connectivity index (χ1v) is 5.42. The van der Waals surface area contributed by atoms with E-state index in [1.54, 1.807) is 6.08 Å². The molecule has 2 atom stereocenters. The van der Waals surface area contributed by atoms with E-state index in [2.05, 4.69) is 18.5 Å². The molecular weight excluding hydrogens is 219 g/mol. The molecule has 3 N–H and O–H groups in total. The molecule has 0 aromatic heterocycles. The largest absolute Gasteiger partial charge is 0.397 e. The lowest BCUT2D eigenvalue weighted by molar-refractivity contribution is -0.0638. The molecule has 4 heteroatoms. The van der Waals surface area contributed by atoms with Crippen molar-refractivity contribution in [1.29, 1.82) is 0 Å². The number of halogens is 1. The summed E-state index contributed by atoms with van der Waals surface area (Å²) in [6, 6.07) is 0. The summed E-state index contributed by atoms with van der Waals surface area (Å²) in [6.45, 7) is 12.7. The van der Waals surface area contributed by atoms with Crippen LogP contribution in [0.1, 0.15) is 20.8 Å². The molecule has 0 amide bonds. The van der Waals surface area contributed by atoms with Crippen LogP contribution in [0.2, 0.25) is 0 Å². The lowest BCUT2D eigenvalue weighted by Crippen LogP contribution is -2.37. The van der Waals surface area contributed by atoms with Crippen molar-refractivity contribution in [3.8, 4) is 0 Å². The standard InChI is InChI=1S/C13H19FN2O/c1-7(2)10-6-11(17-9(5)14)16-13(8(3)4)12(10)15/h6,9,11,16H,1,3,15H2,2,4-5H3. The van der Waals surface area contributed by atoms with E-state index >= 15 is 0 Å². The predicted octanol–water partition coefficient (Wildman–Crippen LogP) is 2.50. The number of hydrogen-bond donors (Lipinski definition) is 2. The average molecular weight is 238 g/mol. The average Bonchev–Trinajstić information content (AvgIpc) is 2.18. The summed E-state index contributed by atoms with van der Waals surface area (Å²) >= 11 is 0. The Hall–Kier alpha value is -1.55. The highest BCUT2D eigenvalue weighted by Gasteiger charge is 2.22. The molecule has 1 aliphatic heterocycles. The van der Waals surface area contributed by atoms with E-state index in [-0.39, 0.29) is 0 Å². The van der Waals surface area contributed by atoms with E-state index in [9.17, 15) is 4.39 Å². The number of alkyl halides is 1. The Kier molecular flexibility index (Phi) is 4.12. The summed E-state index contributed by atoms with van der Waals surface area (Å²) < 4.78 is 17.9. The summed E-state index contributed by atoms with van der Waals surface area (Å²) in [4.78, 5) is 0. The highest BCUT2D eigenvalue weighted by atomic mass is 19.1. The fraction of sp³-hybridized carbons (Fsp3) is 0.385. The number of nitrogens with two attached hydrogens (primary N) is 1. The van der Waals surface area contributed by atoms with Gasteiger partial charge in [0.05, 0.1) is 11.4 Å². The predicted molar refractivity (Wildman–Crippen MR) is 67.5 cm³/mol. The number of nitrogens with one attached hydrogen (secondary N) is 1. The number of hydrogen-bond acceptors (Lipinski definition) is 3. The molecule has 0 saturated heterocycles. The van der Waals surface area contributed by atoms with Gasteiger partial charge in [-0.2, -0.15) is 0 Å². The molecule has 0 aromatic carbocycles. The Morgan fingerprint density at radius 3 is 2.47 bits per heavy atom. The third kappa shape index (κ3) is 3.20. The van der Waals surface area contributed by atoms with Gasteiger partial charge in [-0.3, -0.25) is 0 Å². The zero-order valence-corrected chi connectivity index (χ0v) is 10.5. The van der Waals surface area contributed by atoms with Crippen molar-refractivity contribution in [2.24, 2.45) is 5.73 Å². The molecule has 17 heavy (non-hydrogen) atoms. The topological polar surface area (TPSA) is 47.3 Å². The Balaban J connectivity index is 3.08. The maximum absolute atomic E-state index is 12.9. The van der Waals surface area contributed by atoms with E-state index in [0.717, 1.165) is 16.7 Å². The van der Waals surface area contributed by atoms with Gasteiger partial charge in [0.25, 0.3) is 0 Å². The molecular formula is C13H19FN2O. The van der Waals surface area contributed by atoms with E-state index in [1.807, 2.05) is 13.8 Å². The molecule has 0 saturated carbocycles. The molecule has 0 fully saturated rings. The van der Waals surface area contributed by atoms with Crippen LogP contribution in [0.15, 0.2) is 47.3 Å². The van der Waals surface area contributed by atoms with Crippen LogP contribution in [0.25, 0.3) is 0 Å². The van der Waals surface area contributed by atoms with Crippen molar-refractivity contribution in [2.75, 3.05) is 0 Å². The van der Waals surface area contributed by atoms with Crippen LogP contribution in [-0.2, 0) is 4.74 Å². The molecule has 1 rings (SSSR count). The van der Waals surface area contributed by atoms with Gasteiger partial charge in [-0.05, 0) is 38.0 Å². The summed E-state index contributed by atoms with van der Waals surface area (Å²) in [5, 5.41) is 2.99. The van der Waals surface area contributed by atoms with Gasteiger partial charge in [-0.1, -0.05) is 13.2 Å². The van der Waals surface area contributed by atoms with Crippen molar-refractivity contribution in [3.63, 3.8) is 0 Å². The fourth-order valence-electron chi connectivity index (χ4n) is 1.64. The van der Waals surface area contributed by atoms with Gasteiger partial charge in [0.1, 0.15) is 0 Å². The van der Waals surface area contributed by atoms with Crippen LogP contribution in [-0.4, -0.2) is 12.6 Å². The highest BCUT2D eigenvalue weighted by Crippen LogP contribution is 2.25. The van der Waals surface area contributed by atoms with Gasteiger partial charge in [-0.25, -0.2) is 4.39 Å². The number of rotatable bonds is 4. The van der Waals surface area contributed by atoms with Crippen molar-refractivity contribution in [2.45, 2.75) is 33.4 Å². The van der Waals surface area contributed by atoms with Crippen molar-refractivity contribution < 1.29 is 9.13 Å². The zero-order valence-electron chi connectivity index (χ0n) is 10.5. The first kappa shape index (κ1) is 13.5. The summed E-state index contributed by atoms with van der Waals surface area (Å²) in [6.07, 6.45) is -0.193. The van der Waals surface area contributed by atoms with Gasteiger partial charge < -0.3 is 15.8 Å². The summed E-state index contributed by atoms with van der Waals surface area (Å²) in [7, 11) is 0. The molecule has 0 aliphatic carbocycles. The van der Waals surface area contributed by atoms with Gasteiger partial charge in [0.2, 0.25) is 0 Å². The Morgan fingerprint density at radius 1 is 1.47 bits per heavy atom. The maximum atomic E-state index is 12.9. The summed E-state index contributed by atoms with van der Waals surface area (Å²) in [5.41, 5.74) is 9.59. The van der Waals surface area contributed by atoms with Crippen molar-refractivity contribution in [3.05, 3.63) is 47.3 Å². The van der Waals surface area contributed by atoms with Crippen LogP contribution >= 0.6 is 0 Å². The molecule has 1 aliphatic rings. The van der Waals surface area contributed by atoms with E-state index in [0.29, 0.717) is 11.4 Å². The number of dihydropyridines is 1. The second-order valence-electron chi connectivity index (χ2n) is 4.17. The maximum Gasteiger partial charge on any atom is 0.198 e. The van der Waals surface area contributed by atoms with Crippen LogP contribution in [0.3, 0.4) is 0 Å². The molecule has 3 nitrogen and oxygen atoms in total. The second kappa shape index (κ2) is 5.19. The van der Waals surface area contributed by atoms with E-state index < -0.39 is 12.6 Å². The Bertz CT molecular complexity index is 408. The third-order valence-corrected chi connectivity index (χ3v) is 2.38. The minimum Gasteiger partial charge on any atom is -0.397 e. The fourth-order valence-corrected chi connectivity index (χ4v) is 1.64. The van der Waals surface area contributed by atoms with Crippen LogP contribution < -0.4 is 11.1 Å². The normalized spacial score (nSPS) is 21.6. The van der Waals surface area contributed by atoms with E-state index in [4.69, 9.17) is 10.5 Å². The second-order valence-corrected chi connectivity index (χ2v) is 4.17. The summed E-state index contributed by atoms with van der Waals surface area (Å²) in [5.74, 6) is 0. The lowest BCUT2D eigenvalue weighted by atomic mass is 9.98. The lowest BCUT2D eigenvalue weighted by Gasteiger charge is -2.28. The third-order valence-electron chi connectivity index (χ3n) is 2.38. The number of ether oxygens (including phenoxy) is 1. The van der Waals surface area contributed by atoms with Gasteiger partial charge >= 0.3 is 0 Å². The Morgan fingerprint density at radius 2 is 2.06 bits per heavy atom. The highest BCUT2D eigenvalue weighted by molar-refractivity contribution is 5.51. The van der Waals surface area contributed by atoms with Gasteiger partial charge in [0, 0.05) is 5.57 Å². The SMILES string of the molecule is C=C(C)C1=CC(OC(C)F)NC(C(=C)C)=C1N. The molecule has 1 heterocycles. The minimum atomic E-state index is -1.36. The van der Waals surface area contributed by atoms with Crippen molar-refractivity contribution in [1.82, 2.24) is 5.32 Å². The van der Waals surface area contributed by atoms with E-state index in [1.165, 1.54) is 6.92 Å².